The van der Waals surface area contributed by atoms with Gasteiger partial charge in [0.05, 0.1) is 18.2 Å². The summed E-state index contributed by atoms with van der Waals surface area (Å²) in [7, 11) is 1.63. The minimum Gasteiger partial charge on any atom is -0.497 e. The van der Waals surface area contributed by atoms with Crippen LogP contribution in [0.1, 0.15) is 28.5 Å². The number of benzene rings is 2. The molecule has 0 atom stereocenters. The van der Waals surface area contributed by atoms with Crippen LogP contribution in [0.25, 0.3) is 10.9 Å². The molecule has 0 unspecified atom stereocenters. The first-order valence-electron chi connectivity index (χ1n) is 9.28. The molecule has 3 aromatic rings. The number of aromatic nitrogens is 1. The predicted molar refractivity (Wildman–Crippen MR) is 107 cm³/mol. The van der Waals surface area contributed by atoms with Crippen molar-refractivity contribution < 1.29 is 9.53 Å². The van der Waals surface area contributed by atoms with Crippen molar-refractivity contribution in [3.05, 3.63) is 65.4 Å². The highest BCUT2D eigenvalue weighted by Crippen LogP contribution is 2.29. The van der Waals surface area contributed by atoms with E-state index in [-0.39, 0.29) is 5.91 Å². The lowest BCUT2D eigenvalue weighted by Crippen LogP contribution is -2.33. The Bertz CT molecular complexity index is 983. The minimum atomic E-state index is -0.0898. The fourth-order valence-electron chi connectivity index (χ4n) is 3.64. The smallest absolute Gasteiger partial charge is 0.256 e. The summed E-state index contributed by atoms with van der Waals surface area (Å²) in [5.41, 5.74) is 4.45. The molecule has 2 heterocycles. The van der Waals surface area contributed by atoms with E-state index in [1.807, 2.05) is 48.5 Å². The van der Waals surface area contributed by atoms with Crippen molar-refractivity contribution in [3.63, 3.8) is 0 Å². The minimum absolute atomic E-state index is 0.0898. The van der Waals surface area contributed by atoms with Gasteiger partial charge in [0.25, 0.3) is 5.91 Å². The normalized spacial score (nSPS) is 14.0. The van der Waals surface area contributed by atoms with Crippen LogP contribution in [0.3, 0.4) is 0 Å². The van der Waals surface area contributed by atoms with E-state index >= 15 is 0 Å². The Kier molecular flexibility index (Phi) is 4.77. The summed E-state index contributed by atoms with van der Waals surface area (Å²) in [6.45, 7) is 4.85. The molecule has 1 aliphatic rings. The fourth-order valence-corrected chi connectivity index (χ4v) is 3.64. The number of hydrogen-bond donors (Lipinski definition) is 1. The highest BCUT2D eigenvalue weighted by molar-refractivity contribution is 6.13. The van der Waals surface area contributed by atoms with E-state index in [0.29, 0.717) is 0 Å². The maximum atomic E-state index is 13.3. The fraction of sp³-hybridized carbons (Fsp3) is 0.273. The van der Waals surface area contributed by atoms with Crippen molar-refractivity contribution in [2.75, 3.05) is 25.5 Å². The molecule has 0 bridgehead atoms. The van der Waals surface area contributed by atoms with E-state index in [1.54, 1.807) is 7.11 Å². The number of rotatable bonds is 4. The summed E-state index contributed by atoms with van der Waals surface area (Å²) in [6, 6.07) is 15.3. The molecule has 0 aliphatic carbocycles. The number of para-hydroxylation sites is 1. The summed E-state index contributed by atoms with van der Waals surface area (Å²) < 4.78 is 5.19. The van der Waals surface area contributed by atoms with Gasteiger partial charge in [-0.1, -0.05) is 25.1 Å². The molecule has 4 rings (SSSR count). The second-order valence-corrected chi connectivity index (χ2v) is 6.73. The van der Waals surface area contributed by atoms with Crippen LogP contribution >= 0.6 is 0 Å². The third-order valence-electron chi connectivity index (χ3n) is 5.15. The Balaban J connectivity index is 1.77. The van der Waals surface area contributed by atoms with Crippen LogP contribution in [-0.2, 0) is 13.0 Å². The monoisotopic (exact) mass is 361 g/mol. The molecule has 5 nitrogen and oxygen atoms in total. The number of nitrogens with one attached hydrogen (secondary N) is 1. The molecule has 1 amide bonds. The number of ether oxygens (including phenoxy) is 1. The van der Waals surface area contributed by atoms with Crippen molar-refractivity contribution >= 4 is 22.5 Å². The molecular weight excluding hydrogens is 338 g/mol. The van der Waals surface area contributed by atoms with Crippen LogP contribution in [0.4, 0.5) is 5.69 Å². The van der Waals surface area contributed by atoms with Crippen LogP contribution in [0.2, 0.25) is 0 Å². The van der Waals surface area contributed by atoms with Crippen LogP contribution in [0.5, 0.6) is 5.75 Å². The van der Waals surface area contributed by atoms with Gasteiger partial charge in [-0.15, -0.1) is 0 Å². The highest BCUT2D eigenvalue weighted by atomic mass is 16.5. The second-order valence-electron chi connectivity index (χ2n) is 6.73. The lowest BCUT2D eigenvalue weighted by atomic mass is 9.95. The lowest BCUT2D eigenvalue weighted by molar-refractivity contribution is 0.102. The number of amides is 1. The average Bonchev–Trinajstić information content (AvgIpc) is 2.72. The Morgan fingerprint density at radius 2 is 1.96 bits per heavy atom. The number of likely N-dealkylation sites (N-methyl/N-ethyl adjacent to an activating group) is 1. The Morgan fingerprint density at radius 3 is 2.70 bits per heavy atom. The van der Waals surface area contributed by atoms with Crippen LogP contribution < -0.4 is 10.1 Å². The van der Waals surface area contributed by atoms with Gasteiger partial charge >= 0.3 is 0 Å². The van der Waals surface area contributed by atoms with Crippen molar-refractivity contribution in [1.29, 1.82) is 0 Å². The zero-order valence-electron chi connectivity index (χ0n) is 15.7. The molecule has 0 fully saturated rings. The van der Waals surface area contributed by atoms with Crippen LogP contribution in [0, 0.1) is 0 Å². The average molecular weight is 361 g/mol. The summed E-state index contributed by atoms with van der Waals surface area (Å²) in [5.74, 6) is 0.672. The molecule has 1 aliphatic heterocycles. The molecule has 0 radical (unpaired) electrons. The van der Waals surface area contributed by atoms with E-state index in [2.05, 4.69) is 17.1 Å². The summed E-state index contributed by atoms with van der Waals surface area (Å²) in [4.78, 5) is 20.4. The molecule has 0 saturated heterocycles. The number of nitrogens with zero attached hydrogens (tertiary/aromatic N) is 2. The van der Waals surface area contributed by atoms with Gasteiger partial charge in [0, 0.05) is 41.8 Å². The first-order valence-corrected chi connectivity index (χ1v) is 9.28. The molecule has 27 heavy (non-hydrogen) atoms. The number of anilines is 1. The molecule has 5 heteroatoms. The van der Waals surface area contributed by atoms with E-state index in [0.717, 1.165) is 65.2 Å². The molecule has 0 saturated carbocycles. The zero-order valence-corrected chi connectivity index (χ0v) is 15.7. The summed E-state index contributed by atoms with van der Waals surface area (Å²) in [5, 5.41) is 3.95. The molecule has 2 aromatic carbocycles. The van der Waals surface area contributed by atoms with Gasteiger partial charge in [0.15, 0.2) is 0 Å². The number of fused-ring (bicyclic) bond motifs is 2. The van der Waals surface area contributed by atoms with Crippen LogP contribution in [-0.4, -0.2) is 36.0 Å². The highest BCUT2D eigenvalue weighted by Gasteiger charge is 2.25. The van der Waals surface area contributed by atoms with Crippen molar-refractivity contribution in [2.45, 2.75) is 19.9 Å². The number of carbonyl (C=O) groups is 1. The third-order valence-corrected chi connectivity index (χ3v) is 5.15. The van der Waals surface area contributed by atoms with E-state index in [9.17, 15) is 4.79 Å². The quantitative estimate of drug-likeness (QED) is 0.766. The van der Waals surface area contributed by atoms with E-state index in [4.69, 9.17) is 9.72 Å². The molecular formula is C22H23N3O2. The summed E-state index contributed by atoms with van der Waals surface area (Å²) in [6.07, 6.45) is 0.872. The molecule has 138 valence electrons. The maximum Gasteiger partial charge on any atom is 0.256 e. The molecule has 1 N–H and O–H groups in total. The Hall–Kier alpha value is -2.92. The zero-order chi connectivity index (χ0) is 18.8. The topological polar surface area (TPSA) is 54.5 Å². The SMILES string of the molecule is CCN1CCc2nc3ccccc3c(C(=O)Nc3ccc(OC)cc3)c2C1. The van der Waals surface area contributed by atoms with Crippen molar-refractivity contribution in [3.8, 4) is 5.75 Å². The molecule has 0 spiro atoms. The van der Waals surface area contributed by atoms with Crippen molar-refractivity contribution in [1.82, 2.24) is 9.88 Å². The van der Waals surface area contributed by atoms with E-state index in [1.165, 1.54) is 0 Å². The van der Waals surface area contributed by atoms with Gasteiger partial charge < -0.3 is 10.1 Å². The van der Waals surface area contributed by atoms with E-state index < -0.39 is 0 Å². The first kappa shape index (κ1) is 17.5. The van der Waals surface area contributed by atoms with Gasteiger partial charge in [-0.2, -0.15) is 0 Å². The Labute approximate surface area is 159 Å². The van der Waals surface area contributed by atoms with Gasteiger partial charge in [0.1, 0.15) is 5.75 Å². The van der Waals surface area contributed by atoms with Crippen LogP contribution in [0.15, 0.2) is 48.5 Å². The van der Waals surface area contributed by atoms with Gasteiger partial charge in [-0.05, 0) is 36.9 Å². The van der Waals surface area contributed by atoms with Gasteiger partial charge in [0.2, 0.25) is 0 Å². The standard InChI is InChI=1S/C22H23N3O2/c1-3-25-13-12-20-18(14-25)21(17-6-4-5-7-19(17)24-20)22(26)23-15-8-10-16(27-2)11-9-15/h4-11H,3,12-14H2,1-2H3,(H,23,26). The number of pyridine rings is 1. The van der Waals surface area contributed by atoms with Crippen molar-refractivity contribution in [2.24, 2.45) is 0 Å². The molecule has 1 aromatic heterocycles. The third kappa shape index (κ3) is 3.38. The largest absolute Gasteiger partial charge is 0.497 e. The number of carbonyl (C=O) groups excluding carboxylic acids is 1. The van der Waals surface area contributed by atoms with Gasteiger partial charge in [-0.3, -0.25) is 14.7 Å². The summed E-state index contributed by atoms with van der Waals surface area (Å²) >= 11 is 0. The first-order chi connectivity index (χ1) is 13.2. The Morgan fingerprint density at radius 1 is 1.19 bits per heavy atom. The number of methoxy groups -OCH3 is 1. The van der Waals surface area contributed by atoms with Gasteiger partial charge in [-0.25, -0.2) is 0 Å². The second kappa shape index (κ2) is 7.37. The number of hydrogen-bond acceptors (Lipinski definition) is 4. The lowest BCUT2D eigenvalue weighted by Gasteiger charge is -2.29. The maximum absolute atomic E-state index is 13.3. The predicted octanol–water partition coefficient (Wildman–Crippen LogP) is 3.87.